The molecule has 1 aliphatic heterocycles. The number of hydrogen-bond donors (Lipinski definition) is 0. The summed E-state index contributed by atoms with van der Waals surface area (Å²) in [5, 5.41) is 0. The number of nitrogens with zero attached hydrogens (tertiary/aromatic N) is 1. The Kier molecular flexibility index (Phi) is 2.93. The van der Waals surface area contributed by atoms with Gasteiger partial charge in [0.15, 0.2) is 6.73 Å². The van der Waals surface area contributed by atoms with Gasteiger partial charge in [0, 0.05) is 18.1 Å². The Morgan fingerprint density at radius 1 is 1.57 bits per heavy atom. The van der Waals surface area contributed by atoms with Gasteiger partial charge >= 0.3 is 0 Å². The molecule has 2 rings (SSSR count). The van der Waals surface area contributed by atoms with Gasteiger partial charge in [0.05, 0.1) is 12.3 Å². The maximum absolute atomic E-state index is 5.51. The Hall–Kier alpha value is -0.740. The molecular formula is C10H12BrNO2. The summed E-state index contributed by atoms with van der Waals surface area (Å²) < 4.78 is 11.6. The largest absolute Gasteiger partial charge is 0.471 e. The molecule has 1 aliphatic rings. The van der Waals surface area contributed by atoms with Crippen molar-refractivity contribution in [3.8, 4) is 5.75 Å². The van der Waals surface area contributed by atoms with Crippen LogP contribution < -0.4 is 9.64 Å². The molecule has 0 saturated heterocycles. The van der Waals surface area contributed by atoms with Crippen LogP contribution in [0.1, 0.15) is 0 Å². The van der Waals surface area contributed by atoms with E-state index in [9.17, 15) is 0 Å². The van der Waals surface area contributed by atoms with E-state index in [1.165, 1.54) is 0 Å². The lowest BCUT2D eigenvalue weighted by molar-refractivity contribution is 0.201. The van der Waals surface area contributed by atoms with Gasteiger partial charge in [-0.3, -0.25) is 0 Å². The maximum Gasteiger partial charge on any atom is 0.161 e. The predicted molar refractivity (Wildman–Crippen MR) is 58.9 cm³/mol. The zero-order chi connectivity index (χ0) is 9.97. The lowest BCUT2D eigenvalue weighted by Gasteiger charge is -2.15. The molecule has 0 amide bonds. The van der Waals surface area contributed by atoms with Gasteiger partial charge in [-0.1, -0.05) is 15.9 Å². The van der Waals surface area contributed by atoms with Crippen LogP contribution in [0, 0.1) is 0 Å². The van der Waals surface area contributed by atoms with E-state index in [4.69, 9.17) is 9.47 Å². The van der Waals surface area contributed by atoms with Gasteiger partial charge in [-0.25, -0.2) is 0 Å². The lowest BCUT2D eigenvalue weighted by atomic mass is 10.3. The van der Waals surface area contributed by atoms with Crippen LogP contribution in [0.15, 0.2) is 22.7 Å². The number of benzene rings is 1. The third kappa shape index (κ3) is 1.86. The maximum atomic E-state index is 5.51. The van der Waals surface area contributed by atoms with Crippen LogP contribution in [0.2, 0.25) is 0 Å². The number of fused-ring (bicyclic) bond motifs is 1. The van der Waals surface area contributed by atoms with Crippen molar-refractivity contribution >= 4 is 21.6 Å². The predicted octanol–water partition coefficient (Wildman–Crippen LogP) is 2.25. The normalized spacial score (nSPS) is 14.0. The number of anilines is 1. The molecule has 0 atom stereocenters. The van der Waals surface area contributed by atoms with Crippen LogP contribution in [0.3, 0.4) is 0 Å². The van der Waals surface area contributed by atoms with Crippen LogP contribution in [0.5, 0.6) is 5.75 Å². The van der Waals surface area contributed by atoms with E-state index in [1.54, 1.807) is 7.11 Å². The third-order valence-electron chi connectivity index (χ3n) is 2.20. The molecule has 0 bridgehead atoms. The highest BCUT2D eigenvalue weighted by molar-refractivity contribution is 9.10. The second kappa shape index (κ2) is 4.19. The summed E-state index contributed by atoms with van der Waals surface area (Å²) in [5.74, 6) is 0.948. The molecule has 0 aromatic heterocycles. The molecule has 14 heavy (non-hydrogen) atoms. The average Bonchev–Trinajstić information content (AvgIpc) is 2.57. The quantitative estimate of drug-likeness (QED) is 0.830. The van der Waals surface area contributed by atoms with Crippen molar-refractivity contribution in [3.05, 3.63) is 22.7 Å². The van der Waals surface area contributed by atoms with Crippen LogP contribution in [-0.2, 0) is 4.74 Å². The first-order valence-corrected chi connectivity index (χ1v) is 5.27. The minimum absolute atomic E-state index is 0.620. The number of ether oxygens (including phenoxy) is 2. The highest BCUT2D eigenvalue weighted by Crippen LogP contribution is 2.35. The van der Waals surface area contributed by atoms with Crippen molar-refractivity contribution in [1.29, 1.82) is 0 Å². The first kappa shape index (κ1) is 9.80. The molecule has 0 spiro atoms. The fourth-order valence-electron chi connectivity index (χ4n) is 1.46. The Morgan fingerprint density at radius 2 is 2.43 bits per heavy atom. The molecule has 1 aromatic carbocycles. The van der Waals surface area contributed by atoms with Crippen molar-refractivity contribution in [2.24, 2.45) is 0 Å². The summed E-state index contributed by atoms with van der Waals surface area (Å²) in [4.78, 5) is 2.16. The van der Waals surface area contributed by atoms with E-state index in [0.29, 0.717) is 6.73 Å². The average molecular weight is 258 g/mol. The molecule has 4 heteroatoms. The van der Waals surface area contributed by atoms with Gasteiger partial charge in [-0.05, 0) is 18.2 Å². The van der Waals surface area contributed by atoms with Crippen molar-refractivity contribution in [2.45, 2.75) is 0 Å². The second-order valence-electron chi connectivity index (χ2n) is 3.14. The topological polar surface area (TPSA) is 21.7 Å². The molecule has 0 N–H and O–H groups in total. The van der Waals surface area contributed by atoms with E-state index >= 15 is 0 Å². The van der Waals surface area contributed by atoms with E-state index in [0.717, 1.165) is 29.1 Å². The van der Waals surface area contributed by atoms with Gasteiger partial charge in [0.1, 0.15) is 5.75 Å². The summed E-state index contributed by atoms with van der Waals surface area (Å²) in [5.41, 5.74) is 1.14. The standard InChI is InChI=1S/C10H12BrNO2/c1-13-5-4-12-7-14-10-3-2-8(11)6-9(10)12/h2-3,6H,4-5,7H2,1H3. The Labute approximate surface area is 91.7 Å². The second-order valence-corrected chi connectivity index (χ2v) is 4.06. The van der Waals surface area contributed by atoms with Crippen LogP contribution >= 0.6 is 15.9 Å². The molecular weight excluding hydrogens is 246 g/mol. The van der Waals surface area contributed by atoms with Crippen LogP contribution in [0.4, 0.5) is 5.69 Å². The fraction of sp³-hybridized carbons (Fsp3) is 0.400. The van der Waals surface area contributed by atoms with Gasteiger partial charge < -0.3 is 14.4 Å². The van der Waals surface area contributed by atoms with Crippen LogP contribution in [-0.4, -0.2) is 27.0 Å². The Balaban J connectivity index is 2.16. The molecule has 0 aliphatic carbocycles. The highest BCUT2D eigenvalue weighted by Gasteiger charge is 2.19. The summed E-state index contributed by atoms with van der Waals surface area (Å²) in [6, 6.07) is 6.03. The minimum atomic E-state index is 0.620. The van der Waals surface area contributed by atoms with E-state index < -0.39 is 0 Å². The number of rotatable bonds is 3. The first-order chi connectivity index (χ1) is 6.81. The van der Waals surface area contributed by atoms with E-state index in [-0.39, 0.29) is 0 Å². The van der Waals surface area contributed by atoms with Crippen molar-refractivity contribution in [2.75, 3.05) is 31.9 Å². The zero-order valence-corrected chi connectivity index (χ0v) is 9.58. The SMILES string of the molecule is COCCN1COc2ccc(Br)cc21. The van der Waals surface area contributed by atoms with Gasteiger partial charge in [0.2, 0.25) is 0 Å². The Morgan fingerprint density at radius 3 is 3.21 bits per heavy atom. The fourth-order valence-corrected chi connectivity index (χ4v) is 1.81. The third-order valence-corrected chi connectivity index (χ3v) is 2.70. The molecule has 0 unspecified atom stereocenters. The number of hydrogen-bond acceptors (Lipinski definition) is 3. The molecule has 76 valence electrons. The smallest absolute Gasteiger partial charge is 0.161 e. The van der Waals surface area contributed by atoms with Crippen molar-refractivity contribution in [1.82, 2.24) is 0 Å². The highest BCUT2D eigenvalue weighted by atomic mass is 79.9. The Bertz CT molecular complexity index is 330. The van der Waals surface area contributed by atoms with Crippen LogP contribution in [0.25, 0.3) is 0 Å². The number of methoxy groups -OCH3 is 1. The monoisotopic (exact) mass is 257 g/mol. The van der Waals surface area contributed by atoms with Gasteiger partial charge in [-0.15, -0.1) is 0 Å². The van der Waals surface area contributed by atoms with E-state index in [1.807, 2.05) is 12.1 Å². The molecule has 0 fully saturated rings. The first-order valence-electron chi connectivity index (χ1n) is 4.47. The summed E-state index contributed by atoms with van der Waals surface area (Å²) in [6.07, 6.45) is 0. The molecule has 1 heterocycles. The molecule has 0 radical (unpaired) electrons. The van der Waals surface area contributed by atoms with Crippen molar-refractivity contribution in [3.63, 3.8) is 0 Å². The summed E-state index contributed by atoms with van der Waals surface area (Å²) >= 11 is 3.45. The summed E-state index contributed by atoms with van der Waals surface area (Å²) in [6.45, 7) is 2.20. The molecule has 3 nitrogen and oxygen atoms in total. The number of halogens is 1. The molecule has 1 aromatic rings. The van der Waals surface area contributed by atoms with Gasteiger partial charge in [-0.2, -0.15) is 0 Å². The van der Waals surface area contributed by atoms with Gasteiger partial charge in [0.25, 0.3) is 0 Å². The zero-order valence-electron chi connectivity index (χ0n) is 8.00. The van der Waals surface area contributed by atoms with Crippen molar-refractivity contribution < 1.29 is 9.47 Å². The lowest BCUT2D eigenvalue weighted by Crippen LogP contribution is -2.26. The summed E-state index contributed by atoms with van der Waals surface area (Å²) in [7, 11) is 1.71. The molecule has 0 saturated carbocycles. The van der Waals surface area contributed by atoms with E-state index in [2.05, 4.69) is 26.9 Å². The minimum Gasteiger partial charge on any atom is -0.471 e.